The summed E-state index contributed by atoms with van der Waals surface area (Å²) in [6.45, 7) is 0.984. The van der Waals surface area contributed by atoms with Crippen LogP contribution in [0, 0.1) is 0 Å². The van der Waals surface area contributed by atoms with Gasteiger partial charge in [0.25, 0.3) is 5.91 Å². The summed E-state index contributed by atoms with van der Waals surface area (Å²) >= 11 is 0. The molecule has 0 aliphatic rings. The number of benzene rings is 1. The van der Waals surface area contributed by atoms with E-state index in [0.29, 0.717) is 24.5 Å². The highest BCUT2D eigenvalue weighted by atomic mass is 16.5. The van der Waals surface area contributed by atoms with E-state index in [1.54, 1.807) is 43.6 Å². The number of carbonyl (C=O) groups is 2. The standard InChI is InChI=1S/C17H19N3O3/c1-23-11-10-19-16(21)12-13-5-7-14(8-6-13)20-17(22)15-4-2-3-9-18-15/h2-9H,10-12H2,1H3,(H,19,21)(H,20,22). The molecule has 2 aromatic rings. The Kier molecular flexibility index (Phi) is 6.26. The van der Waals surface area contributed by atoms with E-state index in [1.807, 2.05) is 12.1 Å². The van der Waals surface area contributed by atoms with Crippen LogP contribution in [0.15, 0.2) is 48.7 Å². The Labute approximate surface area is 134 Å². The fourth-order valence-electron chi connectivity index (χ4n) is 1.94. The summed E-state index contributed by atoms with van der Waals surface area (Å²) in [4.78, 5) is 27.7. The third kappa shape index (κ3) is 5.52. The first kappa shape index (κ1) is 16.6. The summed E-state index contributed by atoms with van der Waals surface area (Å²) in [5.74, 6) is -0.331. The van der Waals surface area contributed by atoms with Gasteiger partial charge in [0.1, 0.15) is 5.69 Å². The van der Waals surface area contributed by atoms with Crippen LogP contribution in [0.25, 0.3) is 0 Å². The molecule has 23 heavy (non-hydrogen) atoms. The van der Waals surface area contributed by atoms with E-state index >= 15 is 0 Å². The molecule has 0 fully saturated rings. The van der Waals surface area contributed by atoms with Crippen molar-refractivity contribution in [1.29, 1.82) is 0 Å². The number of amides is 2. The van der Waals surface area contributed by atoms with E-state index < -0.39 is 0 Å². The lowest BCUT2D eigenvalue weighted by atomic mass is 10.1. The average molecular weight is 313 g/mol. The second-order valence-electron chi connectivity index (χ2n) is 4.89. The second-order valence-corrected chi connectivity index (χ2v) is 4.89. The van der Waals surface area contributed by atoms with Crippen molar-refractivity contribution in [3.63, 3.8) is 0 Å². The van der Waals surface area contributed by atoms with Crippen LogP contribution in [-0.4, -0.2) is 37.1 Å². The van der Waals surface area contributed by atoms with Crippen LogP contribution in [0.3, 0.4) is 0 Å². The SMILES string of the molecule is COCCNC(=O)Cc1ccc(NC(=O)c2ccccn2)cc1. The number of nitrogens with one attached hydrogen (secondary N) is 2. The lowest BCUT2D eigenvalue weighted by molar-refractivity contribution is -0.120. The summed E-state index contributed by atoms with van der Waals surface area (Å²) in [6.07, 6.45) is 1.86. The van der Waals surface area contributed by atoms with Crippen molar-refractivity contribution in [1.82, 2.24) is 10.3 Å². The first-order valence-corrected chi connectivity index (χ1v) is 7.26. The molecule has 2 N–H and O–H groups in total. The molecule has 6 heteroatoms. The zero-order valence-corrected chi connectivity index (χ0v) is 12.9. The number of methoxy groups -OCH3 is 1. The molecule has 1 aromatic heterocycles. The van der Waals surface area contributed by atoms with Gasteiger partial charge in [0.15, 0.2) is 0 Å². The van der Waals surface area contributed by atoms with Crippen LogP contribution in [0.4, 0.5) is 5.69 Å². The molecule has 6 nitrogen and oxygen atoms in total. The Morgan fingerprint density at radius 3 is 2.57 bits per heavy atom. The van der Waals surface area contributed by atoms with Gasteiger partial charge < -0.3 is 15.4 Å². The van der Waals surface area contributed by atoms with E-state index in [1.165, 1.54) is 0 Å². The van der Waals surface area contributed by atoms with E-state index in [4.69, 9.17) is 4.74 Å². The smallest absolute Gasteiger partial charge is 0.274 e. The van der Waals surface area contributed by atoms with Gasteiger partial charge in [-0.3, -0.25) is 14.6 Å². The first-order valence-electron chi connectivity index (χ1n) is 7.26. The Hall–Kier alpha value is -2.73. The number of hydrogen-bond donors (Lipinski definition) is 2. The van der Waals surface area contributed by atoms with Crippen molar-refractivity contribution >= 4 is 17.5 Å². The molecule has 1 aromatic carbocycles. The normalized spacial score (nSPS) is 10.1. The van der Waals surface area contributed by atoms with Gasteiger partial charge in [-0.2, -0.15) is 0 Å². The van der Waals surface area contributed by atoms with Crippen molar-refractivity contribution in [2.75, 3.05) is 25.6 Å². The number of anilines is 1. The molecule has 0 saturated heterocycles. The number of ether oxygens (including phenoxy) is 1. The Morgan fingerprint density at radius 1 is 1.13 bits per heavy atom. The molecule has 0 atom stereocenters. The number of nitrogens with zero attached hydrogens (tertiary/aromatic N) is 1. The number of pyridine rings is 1. The van der Waals surface area contributed by atoms with Crippen molar-refractivity contribution in [3.8, 4) is 0 Å². The van der Waals surface area contributed by atoms with Crippen molar-refractivity contribution < 1.29 is 14.3 Å². The van der Waals surface area contributed by atoms with Gasteiger partial charge in [0.05, 0.1) is 13.0 Å². The highest BCUT2D eigenvalue weighted by molar-refractivity contribution is 6.02. The molecule has 0 radical (unpaired) electrons. The van der Waals surface area contributed by atoms with Crippen molar-refractivity contribution in [2.45, 2.75) is 6.42 Å². The third-order valence-corrected chi connectivity index (χ3v) is 3.10. The minimum Gasteiger partial charge on any atom is -0.383 e. The molecule has 0 aliphatic heterocycles. The summed E-state index contributed by atoms with van der Waals surface area (Å²) in [5, 5.41) is 5.52. The van der Waals surface area contributed by atoms with E-state index in [-0.39, 0.29) is 18.2 Å². The van der Waals surface area contributed by atoms with Gasteiger partial charge >= 0.3 is 0 Å². The minimum absolute atomic E-state index is 0.0627. The maximum Gasteiger partial charge on any atom is 0.274 e. The van der Waals surface area contributed by atoms with E-state index in [9.17, 15) is 9.59 Å². The predicted molar refractivity (Wildman–Crippen MR) is 87.2 cm³/mol. The van der Waals surface area contributed by atoms with Crippen LogP contribution in [0.5, 0.6) is 0 Å². The van der Waals surface area contributed by atoms with Gasteiger partial charge in [0, 0.05) is 25.5 Å². The molecule has 0 bridgehead atoms. The highest BCUT2D eigenvalue weighted by Gasteiger charge is 2.07. The summed E-state index contributed by atoms with van der Waals surface area (Å²) in [6, 6.07) is 12.3. The fraction of sp³-hybridized carbons (Fsp3) is 0.235. The average Bonchev–Trinajstić information content (AvgIpc) is 2.57. The number of hydrogen-bond acceptors (Lipinski definition) is 4. The van der Waals surface area contributed by atoms with Crippen LogP contribution in [-0.2, 0) is 16.0 Å². The van der Waals surface area contributed by atoms with Gasteiger partial charge in [0.2, 0.25) is 5.91 Å². The molecule has 120 valence electrons. The first-order chi connectivity index (χ1) is 11.2. The van der Waals surface area contributed by atoms with E-state index in [0.717, 1.165) is 5.56 Å². The van der Waals surface area contributed by atoms with Gasteiger partial charge in [-0.05, 0) is 29.8 Å². The molecule has 0 spiro atoms. The van der Waals surface area contributed by atoms with Gasteiger partial charge in [-0.1, -0.05) is 18.2 Å². The van der Waals surface area contributed by atoms with Gasteiger partial charge in [-0.25, -0.2) is 0 Å². The van der Waals surface area contributed by atoms with Crippen LogP contribution < -0.4 is 10.6 Å². The molecule has 0 aliphatic carbocycles. The number of aromatic nitrogens is 1. The highest BCUT2D eigenvalue weighted by Crippen LogP contribution is 2.11. The molecule has 2 amide bonds. The lowest BCUT2D eigenvalue weighted by Gasteiger charge is -2.07. The Bertz CT molecular complexity index is 642. The number of carbonyl (C=O) groups excluding carboxylic acids is 2. The maximum absolute atomic E-state index is 12.0. The molecule has 0 saturated carbocycles. The van der Waals surface area contributed by atoms with Gasteiger partial charge in [-0.15, -0.1) is 0 Å². The molecular formula is C17H19N3O3. The summed E-state index contributed by atoms with van der Waals surface area (Å²) in [5.41, 5.74) is 1.88. The largest absolute Gasteiger partial charge is 0.383 e. The predicted octanol–water partition coefficient (Wildman–Crippen LogP) is 1.64. The van der Waals surface area contributed by atoms with Crippen molar-refractivity contribution in [3.05, 3.63) is 59.9 Å². The number of rotatable bonds is 7. The zero-order valence-electron chi connectivity index (χ0n) is 12.9. The fourth-order valence-corrected chi connectivity index (χ4v) is 1.94. The minimum atomic E-state index is -0.268. The van der Waals surface area contributed by atoms with E-state index in [2.05, 4.69) is 15.6 Å². The second kappa shape index (κ2) is 8.65. The van der Waals surface area contributed by atoms with Crippen LogP contribution in [0.2, 0.25) is 0 Å². The zero-order chi connectivity index (χ0) is 16.5. The van der Waals surface area contributed by atoms with Crippen LogP contribution >= 0.6 is 0 Å². The topological polar surface area (TPSA) is 80.3 Å². The summed E-state index contributed by atoms with van der Waals surface area (Å²) in [7, 11) is 1.59. The molecular weight excluding hydrogens is 294 g/mol. The molecule has 0 unspecified atom stereocenters. The maximum atomic E-state index is 12.0. The Balaban J connectivity index is 1.87. The monoisotopic (exact) mass is 313 g/mol. The molecule has 2 rings (SSSR count). The molecule has 1 heterocycles. The summed E-state index contributed by atoms with van der Waals surface area (Å²) < 4.78 is 4.87. The quantitative estimate of drug-likeness (QED) is 0.762. The lowest BCUT2D eigenvalue weighted by Crippen LogP contribution is -2.28. The third-order valence-electron chi connectivity index (χ3n) is 3.10. The Morgan fingerprint density at radius 2 is 1.91 bits per heavy atom. The van der Waals surface area contributed by atoms with Crippen LogP contribution in [0.1, 0.15) is 16.1 Å². The van der Waals surface area contributed by atoms with Crippen molar-refractivity contribution in [2.24, 2.45) is 0 Å².